The zero-order valence-corrected chi connectivity index (χ0v) is 13.6. The Labute approximate surface area is 130 Å². The van der Waals surface area contributed by atoms with E-state index in [2.05, 4.69) is 34.9 Å². The van der Waals surface area contributed by atoms with Crippen molar-refractivity contribution in [3.63, 3.8) is 0 Å². The third-order valence-corrected chi connectivity index (χ3v) is 3.22. The Morgan fingerprint density at radius 2 is 1.86 bits per heavy atom. The summed E-state index contributed by atoms with van der Waals surface area (Å²) in [5.41, 5.74) is 2.21. The van der Waals surface area contributed by atoms with E-state index in [1.165, 1.54) is 5.56 Å². The number of anilines is 1. The summed E-state index contributed by atoms with van der Waals surface area (Å²) in [6.45, 7) is 6.26. The van der Waals surface area contributed by atoms with Gasteiger partial charge in [-0.05, 0) is 41.6 Å². The third-order valence-electron chi connectivity index (χ3n) is 3.06. The zero-order valence-electron chi connectivity index (χ0n) is 12.9. The van der Waals surface area contributed by atoms with Gasteiger partial charge in [-0.3, -0.25) is 0 Å². The van der Waals surface area contributed by atoms with Gasteiger partial charge >= 0.3 is 6.01 Å². The van der Waals surface area contributed by atoms with Gasteiger partial charge in [0.2, 0.25) is 11.2 Å². The summed E-state index contributed by atoms with van der Waals surface area (Å²) < 4.78 is 5.80. The first-order valence-corrected chi connectivity index (χ1v) is 7.12. The number of hydrogen-bond acceptors (Lipinski definition) is 5. The number of ether oxygens (including phenoxy) is 1. The molecule has 112 valence electrons. The molecule has 0 saturated carbocycles. The van der Waals surface area contributed by atoms with Gasteiger partial charge in [-0.1, -0.05) is 26.0 Å². The quantitative estimate of drug-likeness (QED) is 0.859. The van der Waals surface area contributed by atoms with E-state index in [4.69, 9.17) is 16.3 Å². The highest BCUT2D eigenvalue weighted by Crippen LogP contribution is 2.28. The van der Waals surface area contributed by atoms with E-state index in [9.17, 15) is 0 Å². The molecular formula is C15H19ClN4O. The Morgan fingerprint density at radius 1 is 1.14 bits per heavy atom. The molecule has 0 atom stereocenters. The molecule has 5 nitrogen and oxygen atoms in total. The van der Waals surface area contributed by atoms with Crippen LogP contribution in [0, 0.1) is 6.92 Å². The number of rotatable bonds is 4. The van der Waals surface area contributed by atoms with E-state index in [0.717, 1.165) is 11.3 Å². The van der Waals surface area contributed by atoms with Gasteiger partial charge in [0.25, 0.3) is 0 Å². The smallest absolute Gasteiger partial charge is 0.328 e. The average molecular weight is 307 g/mol. The SMILES string of the molecule is Cc1ccc(C(C)C)cc1Oc1nc(Cl)nc(N(C)C)n1. The van der Waals surface area contributed by atoms with Crippen molar-refractivity contribution < 1.29 is 4.74 Å². The summed E-state index contributed by atoms with van der Waals surface area (Å²) in [5.74, 6) is 1.61. The van der Waals surface area contributed by atoms with E-state index < -0.39 is 0 Å². The molecule has 1 aromatic heterocycles. The molecule has 2 aromatic rings. The lowest BCUT2D eigenvalue weighted by atomic mass is 10.0. The largest absolute Gasteiger partial charge is 0.424 e. The molecule has 0 aliphatic heterocycles. The minimum atomic E-state index is 0.112. The topological polar surface area (TPSA) is 51.1 Å². The van der Waals surface area contributed by atoms with E-state index in [1.54, 1.807) is 4.90 Å². The van der Waals surface area contributed by atoms with Crippen LogP contribution in [0.15, 0.2) is 18.2 Å². The van der Waals surface area contributed by atoms with Gasteiger partial charge in [0.1, 0.15) is 5.75 Å². The molecule has 0 fully saturated rings. The molecule has 1 heterocycles. The molecule has 0 spiro atoms. The summed E-state index contributed by atoms with van der Waals surface area (Å²) in [6.07, 6.45) is 0. The normalized spacial score (nSPS) is 10.8. The average Bonchev–Trinajstić information content (AvgIpc) is 2.40. The van der Waals surface area contributed by atoms with Gasteiger partial charge < -0.3 is 9.64 Å². The van der Waals surface area contributed by atoms with Gasteiger partial charge in [-0.2, -0.15) is 15.0 Å². The summed E-state index contributed by atoms with van der Waals surface area (Å²) in [6, 6.07) is 6.33. The minimum absolute atomic E-state index is 0.112. The van der Waals surface area contributed by atoms with Crippen LogP contribution in [0.25, 0.3) is 0 Å². The number of aromatic nitrogens is 3. The Morgan fingerprint density at radius 3 is 2.48 bits per heavy atom. The molecular weight excluding hydrogens is 288 g/mol. The van der Waals surface area contributed by atoms with Crippen LogP contribution in [-0.2, 0) is 0 Å². The summed E-state index contributed by atoms with van der Waals surface area (Å²) in [4.78, 5) is 14.0. The summed E-state index contributed by atoms with van der Waals surface area (Å²) >= 11 is 5.91. The lowest BCUT2D eigenvalue weighted by Crippen LogP contribution is -2.13. The minimum Gasteiger partial charge on any atom is -0.424 e. The standard InChI is InChI=1S/C15H19ClN4O/c1-9(2)11-7-6-10(3)12(8-11)21-15-18-13(16)17-14(19-15)20(4)5/h6-9H,1-5H3. The second-order valence-corrected chi connectivity index (χ2v) is 5.70. The molecule has 0 bridgehead atoms. The fourth-order valence-electron chi connectivity index (χ4n) is 1.75. The van der Waals surface area contributed by atoms with Crippen molar-refractivity contribution in [1.82, 2.24) is 15.0 Å². The molecule has 2 rings (SSSR count). The second kappa shape index (κ2) is 6.26. The third kappa shape index (κ3) is 3.82. The lowest BCUT2D eigenvalue weighted by Gasteiger charge is -2.13. The summed E-state index contributed by atoms with van der Waals surface area (Å²) in [5, 5.41) is 0.112. The molecule has 0 N–H and O–H groups in total. The molecule has 0 unspecified atom stereocenters. The van der Waals surface area contributed by atoms with Crippen LogP contribution in [-0.4, -0.2) is 29.0 Å². The first kappa shape index (κ1) is 15.5. The van der Waals surface area contributed by atoms with Crippen molar-refractivity contribution in [3.05, 3.63) is 34.6 Å². The number of halogens is 1. The van der Waals surface area contributed by atoms with E-state index in [1.807, 2.05) is 33.2 Å². The van der Waals surface area contributed by atoms with Gasteiger partial charge in [0.15, 0.2) is 0 Å². The number of hydrogen-bond donors (Lipinski definition) is 0. The first-order chi connectivity index (χ1) is 9.86. The van der Waals surface area contributed by atoms with E-state index >= 15 is 0 Å². The van der Waals surface area contributed by atoms with Crippen LogP contribution in [0.2, 0.25) is 5.28 Å². The highest BCUT2D eigenvalue weighted by atomic mass is 35.5. The predicted octanol–water partition coefficient (Wildman–Crippen LogP) is 3.82. The van der Waals surface area contributed by atoms with Crippen LogP contribution < -0.4 is 9.64 Å². The van der Waals surface area contributed by atoms with Crippen molar-refractivity contribution in [2.24, 2.45) is 0 Å². The number of benzene rings is 1. The molecule has 0 saturated heterocycles. The van der Waals surface area contributed by atoms with E-state index in [-0.39, 0.29) is 11.3 Å². The maximum atomic E-state index is 5.91. The van der Waals surface area contributed by atoms with Crippen molar-refractivity contribution in [2.45, 2.75) is 26.7 Å². The molecule has 0 aliphatic carbocycles. The van der Waals surface area contributed by atoms with Crippen molar-refractivity contribution >= 4 is 17.5 Å². The Balaban J connectivity index is 2.35. The van der Waals surface area contributed by atoms with Crippen LogP contribution in [0.3, 0.4) is 0 Å². The lowest BCUT2D eigenvalue weighted by molar-refractivity contribution is 0.435. The first-order valence-electron chi connectivity index (χ1n) is 6.74. The van der Waals surface area contributed by atoms with Crippen LogP contribution >= 0.6 is 11.6 Å². The Bertz CT molecular complexity index is 644. The predicted molar refractivity (Wildman–Crippen MR) is 84.5 cm³/mol. The van der Waals surface area contributed by atoms with Crippen molar-refractivity contribution in [1.29, 1.82) is 0 Å². The maximum Gasteiger partial charge on any atom is 0.328 e. The zero-order chi connectivity index (χ0) is 15.6. The number of nitrogens with zero attached hydrogens (tertiary/aromatic N) is 4. The van der Waals surface area contributed by atoms with Gasteiger partial charge in [0, 0.05) is 14.1 Å². The molecule has 6 heteroatoms. The fraction of sp³-hybridized carbons (Fsp3) is 0.400. The highest BCUT2D eigenvalue weighted by molar-refractivity contribution is 6.28. The highest BCUT2D eigenvalue weighted by Gasteiger charge is 2.11. The van der Waals surface area contributed by atoms with Crippen LogP contribution in [0.4, 0.5) is 5.95 Å². The van der Waals surface area contributed by atoms with Gasteiger partial charge in [-0.15, -0.1) is 0 Å². The van der Waals surface area contributed by atoms with Gasteiger partial charge in [0.05, 0.1) is 0 Å². The number of aryl methyl sites for hydroxylation is 1. The Kier molecular flexibility index (Phi) is 4.63. The fourth-order valence-corrected chi connectivity index (χ4v) is 1.90. The molecule has 0 aliphatic rings. The molecule has 0 radical (unpaired) electrons. The van der Waals surface area contributed by atoms with Crippen molar-refractivity contribution in [2.75, 3.05) is 19.0 Å². The molecule has 1 aromatic carbocycles. The molecule has 0 amide bonds. The second-order valence-electron chi connectivity index (χ2n) is 5.36. The van der Waals surface area contributed by atoms with Crippen molar-refractivity contribution in [3.8, 4) is 11.8 Å². The monoisotopic (exact) mass is 306 g/mol. The maximum absolute atomic E-state index is 5.91. The van der Waals surface area contributed by atoms with Crippen LogP contribution in [0.5, 0.6) is 11.8 Å². The summed E-state index contributed by atoms with van der Waals surface area (Å²) in [7, 11) is 3.67. The molecule has 21 heavy (non-hydrogen) atoms. The van der Waals surface area contributed by atoms with Gasteiger partial charge in [-0.25, -0.2) is 0 Å². The van der Waals surface area contributed by atoms with Crippen LogP contribution in [0.1, 0.15) is 30.9 Å². The Hall–Kier alpha value is -1.88. The van der Waals surface area contributed by atoms with E-state index in [0.29, 0.717) is 11.9 Å².